The first-order chi connectivity index (χ1) is 12.6. The third-order valence-electron chi connectivity index (χ3n) is 6.09. The summed E-state index contributed by atoms with van der Waals surface area (Å²) in [4.78, 5) is 17.8. The van der Waals surface area contributed by atoms with Crippen LogP contribution in [0.15, 0.2) is 10.6 Å². The van der Waals surface area contributed by atoms with Crippen LogP contribution in [0, 0.1) is 0 Å². The molecule has 0 aromatic carbocycles. The molecule has 5 rings (SSSR count). The second-order valence-electron chi connectivity index (χ2n) is 8.55. The normalized spacial score (nSPS) is 28.0. The summed E-state index contributed by atoms with van der Waals surface area (Å²) in [5, 5.41) is 11.9. The van der Waals surface area contributed by atoms with E-state index in [2.05, 4.69) is 34.6 Å². The lowest BCUT2D eigenvalue weighted by Crippen LogP contribution is -2.48. The van der Waals surface area contributed by atoms with E-state index >= 15 is 0 Å². The van der Waals surface area contributed by atoms with Crippen molar-refractivity contribution in [2.45, 2.75) is 82.3 Å². The van der Waals surface area contributed by atoms with Crippen molar-refractivity contribution in [3.8, 4) is 0 Å². The number of carbonyl (C=O) groups excluding carboxylic acids is 1. The first-order valence-corrected chi connectivity index (χ1v) is 9.95. The van der Waals surface area contributed by atoms with Crippen molar-refractivity contribution < 1.29 is 9.32 Å². The summed E-state index contributed by atoms with van der Waals surface area (Å²) < 4.78 is 5.50. The minimum atomic E-state index is -0.00398. The van der Waals surface area contributed by atoms with E-state index in [9.17, 15) is 4.79 Å². The molecule has 2 bridgehead atoms. The molecular formula is C20H26N4O2. The molecule has 26 heavy (non-hydrogen) atoms. The second kappa shape index (κ2) is 6.05. The molecule has 2 aliphatic heterocycles. The van der Waals surface area contributed by atoms with E-state index in [0.29, 0.717) is 29.3 Å². The summed E-state index contributed by atoms with van der Waals surface area (Å²) in [6.07, 6.45) is 6.78. The number of nitrogens with zero attached hydrogens (tertiary/aromatic N) is 2. The van der Waals surface area contributed by atoms with Crippen molar-refractivity contribution in [3.05, 3.63) is 23.0 Å². The van der Waals surface area contributed by atoms with E-state index in [1.165, 1.54) is 12.8 Å². The van der Waals surface area contributed by atoms with Gasteiger partial charge in [0, 0.05) is 29.7 Å². The molecule has 1 aliphatic carbocycles. The first kappa shape index (κ1) is 16.2. The molecule has 2 atom stereocenters. The molecule has 1 amide bonds. The quantitative estimate of drug-likeness (QED) is 0.881. The van der Waals surface area contributed by atoms with Gasteiger partial charge in [0.25, 0.3) is 11.6 Å². The predicted octanol–water partition coefficient (Wildman–Crippen LogP) is 3.24. The Kier molecular flexibility index (Phi) is 3.78. The molecule has 2 N–H and O–H groups in total. The minimum Gasteiger partial charge on any atom is -0.349 e. The lowest BCUT2D eigenvalue weighted by Gasteiger charge is -2.29. The van der Waals surface area contributed by atoms with Crippen LogP contribution in [0.3, 0.4) is 0 Å². The maximum absolute atomic E-state index is 13.2. The average Bonchev–Trinajstić information content (AvgIpc) is 3.29. The van der Waals surface area contributed by atoms with Crippen LogP contribution >= 0.6 is 0 Å². The van der Waals surface area contributed by atoms with E-state index in [4.69, 9.17) is 4.52 Å². The topological polar surface area (TPSA) is 80.0 Å². The number of piperidine rings is 1. The first-order valence-electron chi connectivity index (χ1n) is 9.95. The summed E-state index contributed by atoms with van der Waals surface area (Å²) in [6.45, 7) is 4.14. The SMILES string of the molecule is CC(C)c1noc2nc(C3CC3)cc(C(=O)NC3CC4CCC(C3)N4)c12. The zero-order chi connectivity index (χ0) is 17.8. The molecular weight excluding hydrogens is 328 g/mol. The maximum Gasteiger partial charge on any atom is 0.259 e. The van der Waals surface area contributed by atoms with Crippen molar-refractivity contribution in [2.24, 2.45) is 0 Å². The monoisotopic (exact) mass is 354 g/mol. The maximum atomic E-state index is 13.2. The number of aromatic nitrogens is 2. The van der Waals surface area contributed by atoms with Crippen LogP contribution in [0.5, 0.6) is 0 Å². The van der Waals surface area contributed by atoms with Gasteiger partial charge in [0.2, 0.25) is 0 Å². The zero-order valence-electron chi connectivity index (χ0n) is 15.4. The van der Waals surface area contributed by atoms with Gasteiger partial charge < -0.3 is 15.2 Å². The van der Waals surface area contributed by atoms with E-state index in [1.54, 1.807) is 0 Å². The third kappa shape index (κ3) is 2.80. The standard InChI is InChI=1S/C20H26N4O2/c1-10(2)18-17-15(9-16(11-3-4-11)23-20(17)26-24-18)19(25)22-14-7-12-5-6-13(8-14)21-12/h9-14,21H,3-8H2,1-2H3,(H,22,25). The lowest BCUT2D eigenvalue weighted by atomic mass is 9.98. The van der Waals surface area contributed by atoms with Crippen LogP contribution in [0.2, 0.25) is 0 Å². The van der Waals surface area contributed by atoms with Gasteiger partial charge in [0.05, 0.1) is 16.6 Å². The zero-order valence-corrected chi connectivity index (χ0v) is 15.4. The number of hydrogen-bond acceptors (Lipinski definition) is 5. The van der Waals surface area contributed by atoms with Crippen LogP contribution < -0.4 is 10.6 Å². The number of fused-ring (bicyclic) bond motifs is 3. The fourth-order valence-electron chi connectivity index (χ4n) is 4.59. The molecule has 2 saturated heterocycles. The fourth-order valence-corrected chi connectivity index (χ4v) is 4.59. The Balaban J connectivity index is 1.49. The van der Waals surface area contributed by atoms with Gasteiger partial charge in [-0.1, -0.05) is 19.0 Å². The van der Waals surface area contributed by atoms with Crippen LogP contribution in [0.1, 0.15) is 86.0 Å². The highest BCUT2D eigenvalue weighted by Gasteiger charge is 2.35. The number of hydrogen-bond donors (Lipinski definition) is 2. The molecule has 0 spiro atoms. The van der Waals surface area contributed by atoms with Crippen LogP contribution in [-0.2, 0) is 0 Å². The molecule has 138 valence electrons. The van der Waals surface area contributed by atoms with Gasteiger partial charge in [-0.15, -0.1) is 0 Å². The van der Waals surface area contributed by atoms with Crippen LogP contribution in [0.25, 0.3) is 11.1 Å². The minimum absolute atomic E-state index is 0.00398. The molecule has 0 radical (unpaired) electrons. The van der Waals surface area contributed by atoms with Crippen molar-refractivity contribution in [3.63, 3.8) is 0 Å². The summed E-state index contributed by atoms with van der Waals surface area (Å²) >= 11 is 0. The smallest absolute Gasteiger partial charge is 0.259 e. The highest BCUT2D eigenvalue weighted by atomic mass is 16.5. The Morgan fingerprint density at radius 3 is 2.62 bits per heavy atom. The molecule has 6 heteroatoms. The van der Waals surface area contributed by atoms with Gasteiger partial charge in [0.15, 0.2) is 0 Å². The number of amides is 1. The Morgan fingerprint density at radius 1 is 1.23 bits per heavy atom. The van der Waals surface area contributed by atoms with Gasteiger partial charge in [-0.2, -0.15) is 0 Å². The molecule has 6 nitrogen and oxygen atoms in total. The largest absolute Gasteiger partial charge is 0.349 e. The van der Waals surface area contributed by atoms with Crippen molar-refractivity contribution in [2.75, 3.05) is 0 Å². The number of rotatable bonds is 4. The molecule has 3 aliphatic rings. The van der Waals surface area contributed by atoms with Crippen LogP contribution in [-0.4, -0.2) is 34.2 Å². The van der Waals surface area contributed by atoms with Gasteiger partial charge in [-0.05, 0) is 50.5 Å². The summed E-state index contributed by atoms with van der Waals surface area (Å²) in [5.74, 6) is 0.648. The molecule has 2 aromatic heterocycles. The van der Waals surface area contributed by atoms with E-state index < -0.39 is 0 Å². The molecule has 4 heterocycles. The summed E-state index contributed by atoms with van der Waals surface area (Å²) in [5.41, 5.74) is 2.99. The van der Waals surface area contributed by atoms with E-state index in [1.807, 2.05) is 6.07 Å². The van der Waals surface area contributed by atoms with Gasteiger partial charge >= 0.3 is 0 Å². The fraction of sp³-hybridized carbons (Fsp3) is 0.650. The summed E-state index contributed by atoms with van der Waals surface area (Å²) in [6, 6.07) is 3.34. The Morgan fingerprint density at radius 2 is 1.96 bits per heavy atom. The van der Waals surface area contributed by atoms with E-state index in [0.717, 1.165) is 42.5 Å². The van der Waals surface area contributed by atoms with Gasteiger partial charge in [-0.25, -0.2) is 4.98 Å². The highest BCUT2D eigenvalue weighted by molar-refractivity contribution is 6.06. The van der Waals surface area contributed by atoms with Crippen molar-refractivity contribution in [1.82, 2.24) is 20.8 Å². The van der Waals surface area contributed by atoms with Gasteiger partial charge in [-0.3, -0.25) is 4.79 Å². The van der Waals surface area contributed by atoms with Crippen molar-refractivity contribution in [1.29, 1.82) is 0 Å². The number of pyridine rings is 1. The Bertz CT molecular complexity index is 843. The summed E-state index contributed by atoms with van der Waals surface area (Å²) in [7, 11) is 0. The Hall–Kier alpha value is -1.95. The highest BCUT2D eigenvalue weighted by Crippen LogP contribution is 2.41. The molecule has 1 saturated carbocycles. The average molecular weight is 354 g/mol. The third-order valence-corrected chi connectivity index (χ3v) is 6.09. The van der Waals surface area contributed by atoms with Crippen LogP contribution in [0.4, 0.5) is 0 Å². The lowest BCUT2D eigenvalue weighted by molar-refractivity contribution is 0.0925. The Labute approximate surface area is 153 Å². The van der Waals surface area contributed by atoms with E-state index in [-0.39, 0.29) is 17.9 Å². The molecule has 2 aromatic rings. The molecule has 3 fully saturated rings. The van der Waals surface area contributed by atoms with Crippen molar-refractivity contribution >= 4 is 17.0 Å². The predicted molar refractivity (Wildman–Crippen MR) is 98.3 cm³/mol. The van der Waals surface area contributed by atoms with Gasteiger partial charge in [0.1, 0.15) is 0 Å². The second-order valence-corrected chi connectivity index (χ2v) is 8.55. The number of carbonyl (C=O) groups is 1. The number of nitrogens with one attached hydrogen (secondary N) is 2. The molecule has 2 unspecified atom stereocenters.